The van der Waals surface area contributed by atoms with Crippen molar-refractivity contribution in [2.45, 2.75) is 12.8 Å². The molecule has 11 heavy (non-hydrogen) atoms. The molecule has 1 fully saturated rings. The number of hydrogen-bond acceptors (Lipinski definition) is 1. The molecule has 0 aromatic carbocycles. The quantitative estimate of drug-likeness (QED) is 0.461. The minimum absolute atomic E-state index is 0.0435. The summed E-state index contributed by atoms with van der Waals surface area (Å²) in [5.41, 5.74) is 0. The van der Waals surface area contributed by atoms with Crippen molar-refractivity contribution in [2.75, 3.05) is 19.6 Å². The number of amides is 2. The Kier molecular flexibility index (Phi) is 2.79. The van der Waals surface area contributed by atoms with Gasteiger partial charge < -0.3 is 10.2 Å². The Bertz CT molecular complexity index is 183. The van der Waals surface area contributed by atoms with E-state index < -0.39 is 0 Å². The molecular weight excluding hydrogens is 140 g/mol. The van der Waals surface area contributed by atoms with Gasteiger partial charge in [0.1, 0.15) is 0 Å². The van der Waals surface area contributed by atoms with Gasteiger partial charge in [-0.3, -0.25) is 0 Å². The summed E-state index contributed by atoms with van der Waals surface area (Å²) in [6.07, 6.45) is 6.74. The molecule has 3 heteroatoms. The monoisotopic (exact) mass is 152 g/mol. The van der Waals surface area contributed by atoms with Crippen LogP contribution in [0.25, 0.3) is 0 Å². The second kappa shape index (κ2) is 3.87. The van der Waals surface area contributed by atoms with Gasteiger partial charge in [-0.25, -0.2) is 4.79 Å². The van der Waals surface area contributed by atoms with Gasteiger partial charge in [0.05, 0.1) is 0 Å². The lowest BCUT2D eigenvalue weighted by Crippen LogP contribution is -2.28. The summed E-state index contributed by atoms with van der Waals surface area (Å²) in [7, 11) is 0. The normalized spacial score (nSPS) is 16.3. The van der Waals surface area contributed by atoms with Crippen LogP contribution >= 0.6 is 0 Å². The number of hydrogen-bond donors (Lipinski definition) is 1. The molecule has 0 radical (unpaired) electrons. The van der Waals surface area contributed by atoms with Crippen molar-refractivity contribution in [1.29, 1.82) is 0 Å². The molecular formula is C8H12N2O. The van der Waals surface area contributed by atoms with Crippen molar-refractivity contribution in [3.05, 3.63) is 0 Å². The second-order valence-corrected chi connectivity index (χ2v) is 2.53. The number of nitrogens with one attached hydrogen (secondary N) is 1. The summed E-state index contributed by atoms with van der Waals surface area (Å²) in [6, 6.07) is 0.0435. The molecule has 1 rings (SSSR count). The molecule has 1 aliphatic heterocycles. The molecule has 1 N–H and O–H groups in total. The maximum Gasteiger partial charge on any atom is 0.317 e. The van der Waals surface area contributed by atoms with Crippen molar-refractivity contribution in [1.82, 2.24) is 10.2 Å². The first kappa shape index (κ1) is 7.93. The molecule has 3 nitrogen and oxygen atoms in total. The zero-order valence-corrected chi connectivity index (χ0v) is 6.47. The fraction of sp³-hybridized carbons (Fsp3) is 0.625. The molecule has 0 atom stereocenters. The van der Waals surface area contributed by atoms with Crippen LogP contribution in [0.15, 0.2) is 0 Å². The van der Waals surface area contributed by atoms with Crippen molar-refractivity contribution in [3.63, 3.8) is 0 Å². The fourth-order valence-corrected chi connectivity index (χ4v) is 1.10. The van der Waals surface area contributed by atoms with Crippen LogP contribution in [0.1, 0.15) is 12.8 Å². The highest BCUT2D eigenvalue weighted by atomic mass is 16.2. The van der Waals surface area contributed by atoms with Crippen molar-refractivity contribution in [3.8, 4) is 12.3 Å². The largest absolute Gasteiger partial charge is 0.336 e. The van der Waals surface area contributed by atoms with Gasteiger partial charge in [0.2, 0.25) is 0 Å². The van der Waals surface area contributed by atoms with Gasteiger partial charge >= 0.3 is 6.03 Å². The van der Waals surface area contributed by atoms with E-state index in [4.69, 9.17) is 6.42 Å². The summed E-state index contributed by atoms with van der Waals surface area (Å²) in [4.78, 5) is 12.7. The van der Waals surface area contributed by atoms with Crippen molar-refractivity contribution in [2.24, 2.45) is 0 Å². The van der Waals surface area contributed by atoms with Gasteiger partial charge in [-0.05, 0) is 6.42 Å². The first-order chi connectivity index (χ1) is 5.34. The topological polar surface area (TPSA) is 32.3 Å². The van der Waals surface area contributed by atoms with E-state index in [1.807, 2.05) is 0 Å². The number of nitrogens with zero attached hydrogens (tertiary/aromatic N) is 1. The van der Waals surface area contributed by atoms with Gasteiger partial charge in [0.25, 0.3) is 0 Å². The van der Waals surface area contributed by atoms with E-state index >= 15 is 0 Å². The molecule has 1 aliphatic rings. The van der Waals surface area contributed by atoms with Gasteiger partial charge in [-0.15, -0.1) is 12.3 Å². The highest BCUT2D eigenvalue weighted by Crippen LogP contribution is 1.99. The summed E-state index contributed by atoms with van der Waals surface area (Å²) in [5, 5.41) is 2.73. The summed E-state index contributed by atoms with van der Waals surface area (Å²) in [6.45, 7) is 2.38. The van der Waals surface area contributed by atoms with E-state index in [0.717, 1.165) is 32.5 Å². The maximum absolute atomic E-state index is 10.9. The smallest absolute Gasteiger partial charge is 0.317 e. The Morgan fingerprint density at radius 2 is 2.55 bits per heavy atom. The van der Waals surface area contributed by atoms with Crippen LogP contribution in [-0.2, 0) is 0 Å². The molecule has 0 aromatic heterocycles. The lowest BCUT2D eigenvalue weighted by molar-refractivity contribution is 0.217. The lowest BCUT2D eigenvalue weighted by Gasteiger charge is -2.11. The Morgan fingerprint density at radius 1 is 1.73 bits per heavy atom. The third kappa shape index (κ3) is 2.15. The summed E-state index contributed by atoms with van der Waals surface area (Å²) in [5.74, 6) is 2.55. The predicted molar refractivity (Wildman–Crippen MR) is 43.0 cm³/mol. The molecule has 0 aliphatic carbocycles. The third-order valence-electron chi connectivity index (χ3n) is 1.69. The van der Waals surface area contributed by atoms with Crippen LogP contribution in [0.5, 0.6) is 0 Å². The molecule has 0 aromatic rings. The second-order valence-electron chi connectivity index (χ2n) is 2.53. The Balaban J connectivity index is 2.16. The minimum Gasteiger partial charge on any atom is -0.336 e. The minimum atomic E-state index is 0.0435. The molecule has 1 saturated heterocycles. The number of rotatable bonds is 3. The summed E-state index contributed by atoms with van der Waals surface area (Å²) < 4.78 is 0. The standard InChI is InChI=1S/C8H12N2O/c1-2-3-4-6-10-7-5-9-8(10)11/h1H,3-7H2,(H,9,11). The fourth-order valence-electron chi connectivity index (χ4n) is 1.10. The maximum atomic E-state index is 10.9. The third-order valence-corrected chi connectivity index (χ3v) is 1.69. The zero-order valence-electron chi connectivity index (χ0n) is 6.47. The Labute approximate surface area is 66.8 Å². The Hall–Kier alpha value is -1.17. The Morgan fingerprint density at radius 3 is 3.09 bits per heavy atom. The molecule has 1 heterocycles. The molecule has 0 bridgehead atoms. The molecule has 60 valence electrons. The highest BCUT2D eigenvalue weighted by Gasteiger charge is 2.17. The first-order valence-electron chi connectivity index (χ1n) is 3.81. The van der Waals surface area contributed by atoms with E-state index in [1.54, 1.807) is 4.90 Å². The van der Waals surface area contributed by atoms with Gasteiger partial charge in [-0.1, -0.05) is 0 Å². The molecule has 2 amide bonds. The number of urea groups is 1. The van der Waals surface area contributed by atoms with Crippen molar-refractivity contribution < 1.29 is 4.79 Å². The zero-order chi connectivity index (χ0) is 8.10. The van der Waals surface area contributed by atoms with E-state index in [2.05, 4.69) is 11.2 Å². The average molecular weight is 152 g/mol. The van der Waals surface area contributed by atoms with Gasteiger partial charge in [0, 0.05) is 26.1 Å². The first-order valence-corrected chi connectivity index (χ1v) is 3.81. The molecule has 0 saturated carbocycles. The van der Waals surface area contributed by atoms with Gasteiger partial charge in [-0.2, -0.15) is 0 Å². The van der Waals surface area contributed by atoms with Crippen LogP contribution < -0.4 is 5.32 Å². The van der Waals surface area contributed by atoms with Gasteiger partial charge in [0.15, 0.2) is 0 Å². The highest BCUT2D eigenvalue weighted by molar-refractivity contribution is 5.76. The van der Waals surface area contributed by atoms with E-state index in [1.165, 1.54) is 0 Å². The average Bonchev–Trinajstić information content (AvgIpc) is 2.37. The number of carbonyl (C=O) groups excluding carboxylic acids is 1. The lowest BCUT2D eigenvalue weighted by atomic mass is 10.3. The van der Waals surface area contributed by atoms with Crippen LogP contribution in [0.2, 0.25) is 0 Å². The SMILES string of the molecule is C#CCCCN1CCNC1=O. The van der Waals surface area contributed by atoms with E-state index in [0.29, 0.717) is 0 Å². The number of unbranched alkanes of at least 4 members (excludes halogenated alkanes) is 1. The van der Waals surface area contributed by atoms with E-state index in [9.17, 15) is 4.79 Å². The number of carbonyl (C=O) groups is 1. The molecule has 0 spiro atoms. The van der Waals surface area contributed by atoms with E-state index in [-0.39, 0.29) is 6.03 Å². The van der Waals surface area contributed by atoms with Crippen LogP contribution in [0.3, 0.4) is 0 Å². The van der Waals surface area contributed by atoms with Crippen LogP contribution in [0, 0.1) is 12.3 Å². The predicted octanol–water partition coefficient (Wildman–Crippen LogP) is 0.425. The van der Waals surface area contributed by atoms with Crippen molar-refractivity contribution >= 4 is 6.03 Å². The number of terminal acetylenes is 1. The van der Waals surface area contributed by atoms with Crippen LogP contribution in [-0.4, -0.2) is 30.6 Å². The molecule has 0 unspecified atom stereocenters. The van der Waals surface area contributed by atoms with Crippen LogP contribution in [0.4, 0.5) is 4.79 Å². The summed E-state index contributed by atoms with van der Waals surface area (Å²) >= 11 is 0.